The van der Waals surface area contributed by atoms with Crippen molar-refractivity contribution in [2.24, 2.45) is 5.41 Å². The lowest BCUT2D eigenvalue weighted by atomic mass is 9.97. The van der Waals surface area contributed by atoms with Crippen LogP contribution in [0.15, 0.2) is 24.3 Å². The van der Waals surface area contributed by atoms with E-state index in [0.717, 1.165) is 6.26 Å². The van der Waals surface area contributed by atoms with E-state index in [0.29, 0.717) is 11.3 Å². The van der Waals surface area contributed by atoms with Crippen LogP contribution >= 0.6 is 0 Å². The first-order valence-electron chi connectivity index (χ1n) is 5.27. The van der Waals surface area contributed by atoms with E-state index in [2.05, 4.69) is 16.6 Å². The van der Waals surface area contributed by atoms with Gasteiger partial charge in [0.15, 0.2) is 0 Å². The topological polar surface area (TPSA) is 46.2 Å². The van der Waals surface area contributed by atoms with E-state index >= 15 is 0 Å². The van der Waals surface area contributed by atoms with Gasteiger partial charge in [-0.1, -0.05) is 24.0 Å². The summed E-state index contributed by atoms with van der Waals surface area (Å²) < 4.78 is 24.8. The van der Waals surface area contributed by atoms with Gasteiger partial charge in [-0.3, -0.25) is 4.72 Å². The molecule has 1 aromatic rings. The largest absolute Gasteiger partial charge is 0.283 e. The molecule has 0 fully saturated rings. The Balaban J connectivity index is 3.12. The van der Waals surface area contributed by atoms with E-state index < -0.39 is 10.0 Å². The second-order valence-electron chi connectivity index (χ2n) is 4.92. The monoisotopic (exact) mass is 251 g/mol. The SMILES string of the molecule is CC(C)(C)C#Cc1ccccc1NS(C)(=O)=O. The Morgan fingerprint density at radius 1 is 1.18 bits per heavy atom. The highest BCUT2D eigenvalue weighted by atomic mass is 32.2. The van der Waals surface area contributed by atoms with Gasteiger partial charge in [0.2, 0.25) is 10.0 Å². The molecule has 0 bridgehead atoms. The van der Waals surface area contributed by atoms with Crippen molar-refractivity contribution in [3.8, 4) is 11.8 Å². The Morgan fingerprint density at radius 2 is 1.76 bits per heavy atom. The van der Waals surface area contributed by atoms with Crippen molar-refractivity contribution >= 4 is 15.7 Å². The molecule has 0 amide bonds. The number of hydrogen-bond acceptors (Lipinski definition) is 2. The molecule has 17 heavy (non-hydrogen) atoms. The second-order valence-corrected chi connectivity index (χ2v) is 6.67. The maximum Gasteiger partial charge on any atom is 0.229 e. The van der Waals surface area contributed by atoms with E-state index in [1.54, 1.807) is 18.2 Å². The summed E-state index contributed by atoms with van der Waals surface area (Å²) in [7, 11) is -3.27. The molecule has 1 aromatic carbocycles. The van der Waals surface area contributed by atoms with Gasteiger partial charge >= 0.3 is 0 Å². The normalized spacial score (nSPS) is 11.5. The highest BCUT2D eigenvalue weighted by Gasteiger charge is 2.07. The zero-order valence-corrected chi connectivity index (χ0v) is 11.4. The summed E-state index contributed by atoms with van der Waals surface area (Å²) in [5, 5.41) is 0. The van der Waals surface area contributed by atoms with Crippen molar-refractivity contribution in [1.82, 2.24) is 0 Å². The lowest BCUT2D eigenvalue weighted by Crippen LogP contribution is -2.10. The molecule has 3 nitrogen and oxygen atoms in total. The van der Waals surface area contributed by atoms with Crippen LogP contribution in [0.3, 0.4) is 0 Å². The molecule has 0 radical (unpaired) electrons. The summed E-state index contributed by atoms with van der Waals surface area (Å²) in [4.78, 5) is 0. The summed E-state index contributed by atoms with van der Waals surface area (Å²) in [6.07, 6.45) is 1.13. The summed E-state index contributed by atoms with van der Waals surface area (Å²) >= 11 is 0. The summed E-state index contributed by atoms with van der Waals surface area (Å²) in [5.41, 5.74) is 1.10. The van der Waals surface area contributed by atoms with Crippen molar-refractivity contribution in [2.75, 3.05) is 11.0 Å². The van der Waals surface area contributed by atoms with Gasteiger partial charge in [-0.15, -0.1) is 0 Å². The van der Waals surface area contributed by atoms with Crippen molar-refractivity contribution in [2.45, 2.75) is 20.8 Å². The molecule has 1 rings (SSSR count). The van der Waals surface area contributed by atoms with Crippen LogP contribution in [-0.2, 0) is 10.0 Å². The highest BCUT2D eigenvalue weighted by Crippen LogP contribution is 2.17. The Kier molecular flexibility index (Phi) is 3.84. The number of para-hydroxylation sites is 1. The Labute approximate surface area is 103 Å². The van der Waals surface area contributed by atoms with Gasteiger partial charge in [0.1, 0.15) is 0 Å². The van der Waals surface area contributed by atoms with Gasteiger partial charge in [0.25, 0.3) is 0 Å². The van der Waals surface area contributed by atoms with Crippen LogP contribution in [0.25, 0.3) is 0 Å². The molecule has 1 N–H and O–H groups in total. The average Bonchev–Trinajstić information content (AvgIpc) is 2.12. The van der Waals surface area contributed by atoms with Crippen LogP contribution < -0.4 is 4.72 Å². The molecular weight excluding hydrogens is 234 g/mol. The standard InChI is InChI=1S/C13H17NO2S/c1-13(2,3)10-9-11-7-5-6-8-12(11)14-17(4,15)16/h5-8,14H,1-4H3. The Morgan fingerprint density at radius 3 is 2.29 bits per heavy atom. The molecule has 0 aliphatic carbocycles. The van der Waals surface area contributed by atoms with E-state index in [1.807, 2.05) is 26.8 Å². The molecule has 0 aliphatic rings. The number of benzene rings is 1. The van der Waals surface area contributed by atoms with Crippen molar-refractivity contribution in [3.05, 3.63) is 29.8 Å². The van der Waals surface area contributed by atoms with Gasteiger partial charge in [0.05, 0.1) is 11.9 Å². The third kappa shape index (κ3) is 5.41. The number of anilines is 1. The molecule has 92 valence electrons. The van der Waals surface area contributed by atoms with Crippen LogP contribution in [0.5, 0.6) is 0 Å². The summed E-state index contributed by atoms with van der Waals surface area (Å²) in [6, 6.07) is 7.11. The smallest absolute Gasteiger partial charge is 0.229 e. The molecule has 0 saturated heterocycles. The van der Waals surface area contributed by atoms with Gasteiger partial charge in [-0.2, -0.15) is 0 Å². The number of sulfonamides is 1. The first-order chi connectivity index (χ1) is 7.67. The molecule has 0 atom stereocenters. The third-order valence-corrected chi connectivity index (χ3v) is 2.39. The fraction of sp³-hybridized carbons (Fsp3) is 0.385. The molecule has 4 heteroatoms. The lowest BCUT2D eigenvalue weighted by Gasteiger charge is -2.09. The minimum Gasteiger partial charge on any atom is -0.283 e. The first kappa shape index (κ1) is 13.6. The molecule has 0 aliphatic heterocycles. The fourth-order valence-corrected chi connectivity index (χ4v) is 1.71. The van der Waals surface area contributed by atoms with Gasteiger partial charge in [-0.05, 0) is 32.9 Å². The molecular formula is C13H17NO2S. The number of rotatable bonds is 2. The van der Waals surface area contributed by atoms with Crippen LogP contribution in [0.2, 0.25) is 0 Å². The van der Waals surface area contributed by atoms with Gasteiger partial charge in [-0.25, -0.2) is 8.42 Å². The average molecular weight is 251 g/mol. The quantitative estimate of drug-likeness (QED) is 0.821. The molecule has 0 aromatic heterocycles. The zero-order valence-electron chi connectivity index (χ0n) is 10.5. The number of nitrogens with one attached hydrogen (secondary N) is 1. The molecule has 0 heterocycles. The first-order valence-corrected chi connectivity index (χ1v) is 7.16. The van der Waals surface area contributed by atoms with Crippen molar-refractivity contribution in [3.63, 3.8) is 0 Å². The Hall–Kier alpha value is -1.47. The highest BCUT2D eigenvalue weighted by molar-refractivity contribution is 7.92. The minimum atomic E-state index is -3.27. The van der Waals surface area contributed by atoms with E-state index in [4.69, 9.17) is 0 Å². The van der Waals surface area contributed by atoms with Crippen LogP contribution in [0, 0.1) is 17.3 Å². The Bertz CT molecular complexity index is 557. The molecule has 0 unspecified atom stereocenters. The fourth-order valence-electron chi connectivity index (χ4n) is 1.14. The van der Waals surface area contributed by atoms with Crippen LogP contribution in [-0.4, -0.2) is 14.7 Å². The van der Waals surface area contributed by atoms with Crippen LogP contribution in [0.1, 0.15) is 26.3 Å². The molecule has 0 spiro atoms. The van der Waals surface area contributed by atoms with Gasteiger partial charge in [0, 0.05) is 11.0 Å². The maximum atomic E-state index is 11.2. The third-order valence-electron chi connectivity index (χ3n) is 1.79. The lowest BCUT2D eigenvalue weighted by molar-refractivity contribution is 0.571. The maximum absolute atomic E-state index is 11.2. The predicted octanol–water partition coefficient (Wildman–Crippen LogP) is 2.46. The van der Waals surface area contributed by atoms with Crippen LogP contribution in [0.4, 0.5) is 5.69 Å². The van der Waals surface area contributed by atoms with Crippen molar-refractivity contribution < 1.29 is 8.42 Å². The number of hydrogen-bond donors (Lipinski definition) is 1. The van der Waals surface area contributed by atoms with Crippen molar-refractivity contribution in [1.29, 1.82) is 0 Å². The van der Waals surface area contributed by atoms with E-state index in [1.165, 1.54) is 0 Å². The zero-order chi connectivity index (χ0) is 13.1. The minimum absolute atomic E-state index is 0.113. The van der Waals surface area contributed by atoms with E-state index in [-0.39, 0.29) is 5.41 Å². The summed E-state index contributed by atoms with van der Waals surface area (Å²) in [5.74, 6) is 6.08. The second kappa shape index (κ2) is 4.80. The predicted molar refractivity (Wildman–Crippen MR) is 71.2 cm³/mol. The van der Waals surface area contributed by atoms with Gasteiger partial charge < -0.3 is 0 Å². The van der Waals surface area contributed by atoms with E-state index in [9.17, 15) is 8.42 Å². The summed E-state index contributed by atoms with van der Waals surface area (Å²) in [6.45, 7) is 6.02. The molecule has 0 saturated carbocycles.